The number of fused-ring (bicyclic) bond motifs is 1. The summed E-state index contributed by atoms with van der Waals surface area (Å²) in [5, 5.41) is 15.8. The molecule has 0 spiro atoms. The van der Waals surface area contributed by atoms with Crippen LogP contribution in [0.2, 0.25) is 5.02 Å². The number of non-ortho nitro benzene ring substituents is 1. The molecule has 0 aliphatic rings. The lowest BCUT2D eigenvalue weighted by atomic mass is 10.1. The van der Waals surface area contributed by atoms with Gasteiger partial charge in [0.25, 0.3) is 11.6 Å². The number of imidazole rings is 1. The Morgan fingerprint density at radius 1 is 1.21 bits per heavy atom. The average molecular weight is 494 g/mol. The van der Waals surface area contributed by atoms with Crippen molar-refractivity contribution in [2.45, 2.75) is 18.6 Å². The number of para-hydroxylation sites is 2. The van der Waals surface area contributed by atoms with Crippen LogP contribution in [0.5, 0.6) is 0 Å². The molecule has 0 aliphatic heterocycles. The summed E-state index contributed by atoms with van der Waals surface area (Å²) in [5.74, 6) is -0.242. The molecule has 0 atom stereocenters. The third kappa shape index (κ3) is 5.62. The minimum absolute atomic E-state index is 0.0945. The van der Waals surface area contributed by atoms with E-state index in [0.717, 1.165) is 21.8 Å². The first-order chi connectivity index (χ1) is 16.4. The molecule has 10 heteroatoms. The van der Waals surface area contributed by atoms with E-state index in [2.05, 4.69) is 39.4 Å². The van der Waals surface area contributed by atoms with Crippen molar-refractivity contribution in [2.75, 3.05) is 5.75 Å². The summed E-state index contributed by atoms with van der Waals surface area (Å²) < 4.78 is 2.09. The van der Waals surface area contributed by atoms with Crippen LogP contribution in [0.4, 0.5) is 5.69 Å². The molecular formula is C24H20ClN5O3S. The molecule has 0 unspecified atom stereocenters. The lowest BCUT2D eigenvalue weighted by Gasteiger charge is -2.09. The highest BCUT2D eigenvalue weighted by molar-refractivity contribution is 7.99. The molecule has 34 heavy (non-hydrogen) atoms. The van der Waals surface area contributed by atoms with Crippen molar-refractivity contribution in [3.63, 3.8) is 0 Å². The van der Waals surface area contributed by atoms with Crippen molar-refractivity contribution >= 4 is 52.2 Å². The van der Waals surface area contributed by atoms with Gasteiger partial charge in [-0.2, -0.15) is 5.10 Å². The Balaban J connectivity index is 1.44. The molecule has 4 aromatic rings. The van der Waals surface area contributed by atoms with Crippen molar-refractivity contribution < 1.29 is 9.72 Å². The number of nitro benzene ring substituents is 1. The SMILES string of the molecule is Cc1ccc(Cn2c(SCC(=O)N/N=C/c3cc([N+](=O)[O-])ccc3Cl)nc3ccccc32)cc1. The summed E-state index contributed by atoms with van der Waals surface area (Å²) >= 11 is 7.36. The second-order valence-electron chi connectivity index (χ2n) is 7.50. The number of carbonyl (C=O) groups excluding carboxylic acids is 1. The highest BCUT2D eigenvalue weighted by Crippen LogP contribution is 2.25. The minimum Gasteiger partial charge on any atom is -0.314 e. The summed E-state index contributed by atoms with van der Waals surface area (Å²) in [4.78, 5) is 27.5. The second kappa shape index (κ2) is 10.5. The van der Waals surface area contributed by atoms with Crippen molar-refractivity contribution in [1.82, 2.24) is 15.0 Å². The van der Waals surface area contributed by atoms with Crippen LogP contribution in [0.25, 0.3) is 11.0 Å². The van der Waals surface area contributed by atoms with E-state index in [1.807, 2.05) is 31.2 Å². The Morgan fingerprint density at radius 3 is 2.74 bits per heavy atom. The first-order valence-corrected chi connectivity index (χ1v) is 11.7. The predicted octanol–water partition coefficient (Wildman–Crippen LogP) is 5.20. The van der Waals surface area contributed by atoms with Gasteiger partial charge in [0.1, 0.15) is 0 Å². The monoisotopic (exact) mass is 493 g/mol. The number of nitro groups is 1. The fourth-order valence-corrected chi connectivity index (χ4v) is 4.24. The molecule has 172 valence electrons. The van der Waals surface area contributed by atoms with Crippen LogP contribution in [0, 0.1) is 17.0 Å². The highest BCUT2D eigenvalue weighted by Gasteiger charge is 2.13. The Labute approximate surface area is 204 Å². The number of halogens is 1. The standard InChI is InChI=1S/C24H20ClN5O3S/c1-16-6-8-17(9-7-16)14-29-22-5-3-2-4-21(22)27-24(29)34-15-23(31)28-26-13-18-12-19(30(32)33)10-11-20(18)25/h2-13H,14-15H2,1H3,(H,28,31)/b26-13+. The highest BCUT2D eigenvalue weighted by atomic mass is 35.5. The predicted molar refractivity (Wildman–Crippen MR) is 135 cm³/mol. The molecule has 1 amide bonds. The van der Waals surface area contributed by atoms with E-state index in [0.29, 0.717) is 17.1 Å². The van der Waals surface area contributed by atoms with Gasteiger partial charge in [-0.3, -0.25) is 14.9 Å². The molecule has 0 aliphatic carbocycles. The van der Waals surface area contributed by atoms with Gasteiger partial charge in [-0.15, -0.1) is 0 Å². The van der Waals surface area contributed by atoms with Gasteiger partial charge in [0, 0.05) is 22.7 Å². The lowest BCUT2D eigenvalue weighted by Crippen LogP contribution is -2.20. The number of rotatable bonds is 8. The largest absolute Gasteiger partial charge is 0.314 e. The van der Waals surface area contributed by atoms with Crippen LogP contribution in [0.3, 0.4) is 0 Å². The zero-order valence-electron chi connectivity index (χ0n) is 18.1. The third-order valence-electron chi connectivity index (χ3n) is 5.00. The van der Waals surface area contributed by atoms with Crippen LogP contribution in [0.1, 0.15) is 16.7 Å². The zero-order valence-corrected chi connectivity index (χ0v) is 19.7. The Bertz CT molecular complexity index is 1390. The lowest BCUT2D eigenvalue weighted by molar-refractivity contribution is -0.384. The number of nitrogens with one attached hydrogen (secondary N) is 1. The summed E-state index contributed by atoms with van der Waals surface area (Å²) in [6, 6.07) is 20.2. The van der Waals surface area contributed by atoms with Gasteiger partial charge in [-0.25, -0.2) is 10.4 Å². The van der Waals surface area contributed by atoms with Crippen LogP contribution in [-0.4, -0.2) is 32.3 Å². The van der Waals surface area contributed by atoms with Crippen molar-refractivity contribution in [1.29, 1.82) is 0 Å². The number of hydrogen-bond acceptors (Lipinski definition) is 6. The first kappa shape index (κ1) is 23.5. The normalized spacial score (nSPS) is 11.2. The Morgan fingerprint density at radius 2 is 1.97 bits per heavy atom. The van der Waals surface area contributed by atoms with E-state index in [-0.39, 0.29) is 17.3 Å². The molecule has 4 rings (SSSR count). The van der Waals surface area contributed by atoms with E-state index in [1.54, 1.807) is 0 Å². The van der Waals surface area contributed by atoms with E-state index in [1.165, 1.54) is 41.7 Å². The number of nitrogens with zero attached hydrogens (tertiary/aromatic N) is 4. The van der Waals surface area contributed by atoms with Gasteiger partial charge in [-0.05, 0) is 30.7 Å². The van der Waals surface area contributed by atoms with E-state index >= 15 is 0 Å². The summed E-state index contributed by atoms with van der Waals surface area (Å²) in [7, 11) is 0. The molecule has 0 saturated heterocycles. The van der Waals surface area contributed by atoms with E-state index in [4.69, 9.17) is 16.6 Å². The fraction of sp³-hybridized carbons (Fsp3) is 0.125. The molecule has 1 heterocycles. The maximum absolute atomic E-state index is 12.4. The number of thioether (sulfide) groups is 1. The Hall–Kier alpha value is -3.69. The number of hydrogen-bond donors (Lipinski definition) is 1. The topological polar surface area (TPSA) is 102 Å². The number of aromatic nitrogens is 2. The molecule has 8 nitrogen and oxygen atoms in total. The van der Waals surface area contributed by atoms with Gasteiger partial charge in [0.15, 0.2) is 5.16 Å². The third-order valence-corrected chi connectivity index (χ3v) is 6.32. The minimum atomic E-state index is -0.522. The van der Waals surface area contributed by atoms with Gasteiger partial charge >= 0.3 is 0 Å². The van der Waals surface area contributed by atoms with Gasteiger partial charge < -0.3 is 4.57 Å². The first-order valence-electron chi connectivity index (χ1n) is 10.3. The van der Waals surface area contributed by atoms with E-state index in [9.17, 15) is 14.9 Å². The molecule has 3 aromatic carbocycles. The summed E-state index contributed by atoms with van der Waals surface area (Å²) in [5.41, 5.74) is 6.83. The number of amides is 1. The number of hydrazone groups is 1. The molecule has 0 saturated carbocycles. The van der Waals surface area contributed by atoms with Gasteiger partial charge in [-0.1, -0.05) is 65.3 Å². The quantitative estimate of drug-likeness (QED) is 0.157. The molecule has 0 radical (unpaired) electrons. The number of carbonyl (C=O) groups is 1. The maximum Gasteiger partial charge on any atom is 0.270 e. The summed E-state index contributed by atoms with van der Waals surface area (Å²) in [6.07, 6.45) is 1.28. The van der Waals surface area contributed by atoms with Crippen LogP contribution >= 0.6 is 23.4 Å². The smallest absolute Gasteiger partial charge is 0.270 e. The molecule has 0 bridgehead atoms. The maximum atomic E-state index is 12.4. The molecular weight excluding hydrogens is 474 g/mol. The van der Waals surface area contributed by atoms with Crippen molar-refractivity contribution in [2.24, 2.45) is 5.10 Å². The molecule has 1 N–H and O–H groups in total. The molecule has 0 fully saturated rings. The summed E-state index contributed by atoms with van der Waals surface area (Å²) in [6.45, 7) is 2.68. The van der Waals surface area contributed by atoms with Gasteiger partial charge in [0.2, 0.25) is 0 Å². The average Bonchev–Trinajstić information content (AvgIpc) is 3.17. The second-order valence-corrected chi connectivity index (χ2v) is 8.85. The van der Waals surface area contributed by atoms with Crippen LogP contribution < -0.4 is 5.43 Å². The number of benzene rings is 3. The molecule has 1 aromatic heterocycles. The zero-order chi connectivity index (χ0) is 24.1. The van der Waals surface area contributed by atoms with Crippen LogP contribution in [0.15, 0.2) is 77.0 Å². The van der Waals surface area contributed by atoms with E-state index < -0.39 is 4.92 Å². The van der Waals surface area contributed by atoms with Gasteiger partial charge in [0.05, 0.1) is 34.5 Å². The van der Waals surface area contributed by atoms with Crippen LogP contribution in [-0.2, 0) is 11.3 Å². The van der Waals surface area contributed by atoms with Crippen molar-refractivity contribution in [3.8, 4) is 0 Å². The Kier molecular flexibility index (Phi) is 7.24. The number of aryl methyl sites for hydroxylation is 1. The fourth-order valence-electron chi connectivity index (χ4n) is 3.27. The van der Waals surface area contributed by atoms with Crippen molar-refractivity contribution in [3.05, 3.63) is 98.6 Å².